The van der Waals surface area contributed by atoms with E-state index >= 15 is 0 Å². The van der Waals surface area contributed by atoms with Gasteiger partial charge in [0.25, 0.3) is 0 Å². The maximum absolute atomic E-state index is 14.5. The quantitative estimate of drug-likeness (QED) is 0.336. The second-order valence-corrected chi connectivity index (χ2v) is 7.10. The van der Waals surface area contributed by atoms with E-state index in [2.05, 4.69) is 27.1 Å². The van der Waals surface area contributed by atoms with Crippen molar-refractivity contribution < 1.29 is 4.39 Å². The van der Waals surface area contributed by atoms with Crippen LogP contribution in [-0.2, 0) is 0 Å². The molecule has 0 saturated heterocycles. The van der Waals surface area contributed by atoms with Crippen LogP contribution in [0.15, 0.2) is 109 Å². The summed E-state index contributed by atoms with van der Waals surface area (Å²) in [6.45, 7) is 0. The highest BCUT2D eigenvalue weighted by Crippen LogP contribution is 2.27. The Labute approximate surface area is 179 Å². The van der Waals surface area contributed by atoms with Gasteiger partial charge in [-0.25, -0.2) is 19.3 Å². The summed E-state index contributed by atoms with van der Waals surface area (Å²) in [6.07, 6.45) is 0. The third-order valence-electron chi connectivity index (χ3n) is 5.03. The Hall–Kier alpha value is -4.18. The molecular weight excluding hydrogens is 385 g/mol. The predicted molar refractivity (Wildman–Crippen MR) is 122 cm³/mol. The van der Waals surface area contributed by atoms with E-state index in [1.807, 2.05) is 72.8 Å². The van der Waals surface area contributed by atoms with Gasteiger partial charge in [-0.3, -0.25) is 0 Å². The summed E-state index contributed by atoms with van der Waals surface area (Å²) in [5, 5.41) is 0. The molecule has 1 aromatic heterocycles. The van der Waals surface area contributed by atoms with Crippen molar-refractivity contribution in [2.75, 3.05) is 0 Å². The lowest BCUT2D eigenvalue weighted by atomic mass is 10.0. The van der Waals surface area contributed by atoms with Crippen LogP contribution in [0.25, 0.3) is 45.3 Å². The van der Waals surface area contributed by atoms with E-state index in [0.717, 1.165) is 22.3 Å². The molecule has 5 aromatic rings. The van der Waals surface area contributed by atoms with Crippen LogP contribution >= 0.6 is 0 Å². The van der Waals surface area contributed by atoms with Crippen LogP contribution in [-0.4, -0.2) is 15.0 Å². The second-order valence-electron chi connectivity index (χ2n) is 7.10. The van der Waals surface area contributed by atoms with Gasteiger partial charge in [0.05, 0.1) is 5.56 Å². The maximum Gasteiger partial charge on any atom is 0.167 e. The average Bonchev–Trinajstić information content (AvgIpc) is 2.85. The minimum Gasteiger partial charge on any atom is -0.208 e. The van der Waals surface area contributed by atoms with Gasteiger partial charge in [-0.2, -0.15) is 0 Å². The van der Waals surface area contributed by atoms with Crippen molar-refractivity contribution in [3.05, 3.63) is 115 Å². The molecule has 0 bridgehead atoms. The Bertz CT molecular complexity index is 1320. The molecule has 0 aliphatic carbocycles. The Morgan fingerprint density at radius 1 is 0.387 bits per heavy atom. The first kappa shape index (κ1) is 18.8. The molecule has 0 atom stereocenters. The number of hydrogen-bond acceptors (Lipinski definition) is 3. The molecule has 0 amide bonds. The summed E-state index contributed by atoms with van der Waals surface area (Å²) in [6, 6.07) is 34.4. The van der Waals surface area contributed by atoms with Gasteiger partial charge in [-0.1, -0.05) is 97.1 Å². The number of halogens is 1. The molecule has 0 unspecified atom stereocenters. The Morgan fingerprint density at radius 2 is 0.806 bits per heavy atom. The van der Waals surface area contributed by atoms with Crippen LogP contribution in [0.2, 0.25) is 0 Å². The molecule has 1 heterocycles. The topological polar surface area (TPSA) is 38.7 Å². The zero-order valence-electron chi connectivity index (χ0n) is 16.6. The lowest BCUT2D eigenvalue weighted by molar-refractivity contribution is 0.630. The van der Waals surface area contributed by atoms with Gasteiger partial charge in [-0.05, 0) is 23.3 Å². The highest BCUT2D eigenvalue weighted by Gasteiger charge is 2.14. The third-order valence-corrected chi connectivity index (χ3v) is 5.03. The lowest BCUT2D eigenvalue weighted by Crippen LogP contribution is -2.01. The average molecular weight is 403 g/mol. The normalized spacial score (nSPS) is 10.7. The zero-order valence-corrected chi connectivity index (χ0v) is 16.6. The number of nitrogens with zero attached hydrogens (tertiary/aromatic N) is 3. The number of hydrogen-bond donors (Lipinski definition) is 0. The van der Waals surface area contributed by atoms with Crippen molar-refractivity contribution in [2.45, 2.75) is 0 Å². The Kier molecular flexibility index (Phi) is 5.03. The standard InChI is InChI=1S/C27H18FN3/c28-24-14-8-7-13-23(24)27-30-25(21-11-5-2-6-12-21)29-26(31-27)22-17-15-20(16-18-22)19-9-3-1-4-10-19/h1-18H. The zero-order chi connectivity index (χ0) is 21.0. The maximum atomic E-state index is 14.5. The monoisotopic (exact) mass is 403 g/mol. The first-order valence-corrected chi connectivity index (χ1v) is 10.0. The molecule has 0 radical (unpaired) electrons. The number of rotatable bonds is 4. The molecule has 0 fully saturated rings. The fourth-order valence-corrected chi connectivity index (χ4v) is 3.43. The Balaban J connectivity index is 1.63. The minimum absolute atomic E-state index is 0.314. The van der Waals surface area contributed by atoms with E-state index in [1.165, 1.54) is 6.07 Å². The van der Waals surface area contributed by atoms with Gasteiger partial charge < -0.3 is 0 Å². The van der Waals surface area contributed by atoms with Crippen molar-refractivity contribution in [1.29, 1.82) is 0 Å². The highest BCUT2D eigenvalue weighted by molar-refractivity contribution is 5.70. The molecule has 5 rings (SSSR count). The summed E-state index contributed by atoms with van der Waals surface area (Å²) < 4.78 is 14.5. The number of benzene rings is 4. The van der Waals surface area contributed by atoms with Crippen LogP contribution in [0.5, 0.6) is 0 Å². The van der Waals surface area contributed by atoms with Crippen LogP contribution in [0.4, 0.5) is 4.39 Å². The smallest absolute Gasteiger partial charge is 0.167 e. The van der Waals surface area contributed by atoms with Crippen molar-refractivity contribution in [1.82, 2.24) is 15.0 Å². The van der Waals surface area contributed by atoms with Gasteiger partial charge in [0.2, 0.25) is 0 Å². The molecule has 0 aliphatic heterocycles. The lowest BCUT2D eigenvalue weighted by Gasteiger charge is -2.09. The van der Waals surface area contributed by atoms with E-state index in [-0.39, 0.29) is 5.82 Å². The van der Waals surface area contributed by atoms with Gasteiger partial charge in [0, 0.05) is 11.1 Å². The van der Waals surface area contributed by atoms with E-state index in [1.54, 1.807) is 18.2 Å². The largest absolute Gasteiger partial charge is 0.208 e. The molecule has 148 valence electrons. The fourth-order valence-electron chi connectivity index (χ4n) is 3.43. The summed E-state index contributed by atoms with van der Waals surface area (Å²) in [4.78, 5) is 13.9. The SMILES string of the molecule is Fc1ccccc1-c1nc(-c2ccccc2)nc(-c2ccc(-c3ccccc3)cc2)n1. The van der Waals surface area contributed by atoms with Crippen molar-refractivity contribution in [2.24, 2.45) is 0 Å². The van der Waals surface area contributed by atoms with Crippen LogP contribution in [0, 0.1) is 5.82 Å². The summed E-state index contributed by atoms with van der Waals surface area (Å²) in [7, 11) is 0. The summed E-state index contributed by atoms with van der Waals surface area (Å²) in [5.41, 5.74) is 4.29. The van der Waals surface area contributed by atoms with Gasteiger partial charge >= 0.3 is 0 Å². The Morgan fingerprint density at radius 3 is 1.42 bits per heavy atom. The van der Waals surface area contributed by atoms with Crippen LogP contribution in [0.1, 0.15) is 0 Å². The first-order valence-electron chi connectivity index (χ1n) is 10.0. The van der Waals surface area contributed by atoms with Gasteiger partial charge in [-0.15, -0.1) is 0 Å². The second kappa shape index (κ2) is 8.28. The highest BCUT2D eigenvalue weighted by atomic mass is 19.1. The van der Waals surface area contributed by atoms with Crippen molar-refractivity contribution >= 4 is 0 Å². The van der Waals surface area contributed by atoms with E-state index in [9.17, 15) is 4.39 Å². The molecule has 4 aromatic carbocycles. The molecule has 0 spiro atoms. The summed E-state index contributed by atoms with van der Waals surface area (Å²) >= 11 is 0. The van der Waals surface area contributed by atoms with E-state index < -0.39 is 0 Å². The van der Waals surface area contributed by atoms with Crippen LogP contribution < -0.4 is 0 Å². The predicted octanol–water partition coefficient (Wildman–Crippen LogP) is 6.68. The summed E-state index contributed by atoms with van der Waals surface area (Å²) in [5.74, 6) is 0.967. The first-order chi connectivity index (χ1) is 15.3. The molecule has 31 heavy (non-hydrogen) atoms. The molecule has 0 saturated carbocycles. The molecule has 3 nitrogen and oxygen atoms in total. The van der Waals surface area contributed by atoms with Crippen molar-refractivity contribution in [3.63, 3.8) is 0 Å². The van der Waals surface area contributed by atoms with Crippen LogP contribution in [0.3, 0.4) is 0 Å². The molecule has 4 heteroatoms. The van der Waals surface area contributed by atoms with E-state index in [4.69, 9.17) is 0 Å². The van der Waals surface area contributed by atoms with Gasteiger partial charge in [0.1, 0.15) is 5.82 Å². The molecule has 0 aliphatic rings. The fraction of sp³-hybridized carbons (Fsp3) is 0. The molecular formula is C27H18FN3. The molecule has 0 N–H and O–H groups in total. The minimum atomic E-state index is -0.363. The third kappa shape index (κ3) is 3.96. The van der Waals surface area contributed by atoms with E-state index in [0.29, 0.717) is 23.0 Å². The van der Waals surface area contributed by atoms with Gasteiger partial charge in [0.15, 0.2) is 17.5 Å². The number of aromatic nitrogens is 3. The van der Waals surface area contributed by atoms with Crippen molar-refractivity contribution in [3.8, 4) is 45.3 Å².